The van der Waals surface area contributed by atoms with E-state index in [1.165, 1.54) is 5.56 Å². The molecule has 1 N–H and O–H groups in total. The van der Waals surface area contributed by atoms with Gasteiger partial charge in [-0.15, -0.1) is 0 Å². The number of benzene rings is 2. The fourth-order valence-electron chi connectivity index (χ4n) is 3.53. The molecule has 4 nitrogen and oxygen atoms in total. The monoisotopic (exact) mass is 377 g/mol. The zero-order valence-corrected chi connectivity index (χ0v) is 15.8. The van der Waals surface area contributed by atoms with Gasteiger partial charge in [0.1, 0.15) is 5.82 Å². The molecule has 1 amide bonds. The maximum absolute atomic E-state index is 12.6. The van der Waals surface area contributed by atoms with Crippen LogP contribution in [0.3, 0.4) is 0 Å². The summed E-state index contributed by atoms with van der Waals surface area (Å²) in [6.07, 6.45) is 2.66. The van der Waals surface area contributed by atoms with Gasteiger partial charge in [-0.1, -0.05) is 48.0 Å². The molecule has 0 aliphatic carbocycles. The molecule has 136 valence electrons. The van der Waals surface area contributed by atoms with E-state index < -0.39 is 0 Å². The number of carbonyl (C=O) groups excluding carboxylic acids is 1. The van der Waals surface area contributed by atoms with E-state index in [0.717, 1.165) is 23.5 Å². The number of anilines is 2. The molecule has 27 heavy (non-hydrogen) atoms. The number of hydrogen-bond acceptors (Lipinski definition) is 3. The molecule has 0 saturated carbocycles. The Morgan fingerprint density at radius 3 is 2.81 bits per heavy atom. The molecule has 0 radical (unpaired) electrons. The fraction of sp³-hybridized carbons (Fsp3) is 0.182. The first-order chi connectivity index (χ1) is 13.1. The minimum atomic E-state index is -0.140. The van der Waals surface area contributed by atoms with Gasteiger partial charge < -0.3 is 10.2 Å². The van der Waals surface area contributed by atoms with Crippen molar-refractivity contribution in [3.05, 3.63) is 88.6 Å². The van der Waals surface area contributed by atoms with Crippen LogP contribution >= 0.6 is 11.6 Å². The summed E-state index contributed by atoms with van der Waals surface area (Å²) in [6.45, 7) is 2.56. The number of nitrogens with one attached hydrogen (secondary N) is 1. The molecule has 1 aliphatic heterocycles. The largest absolute Gasteiger partial charge is 0.348 e. The van der Waals surface area contributed by atoms with Crippen molar-refractivity contribution in [3.63, 3.8) is 0 Å². The highest BCUT2D eigenvalue weighted by Crippen LogP contribution is 2.37. The Hall–Kier alpha value is -2.85. The summed E-state index contributed by atoms with van der Waals surface area (Å²) in [6, 6.07) is 19.7. The predicted molar refractivity (Wildman–Crippen MR) is 109 cm³/mol. The lowest BCUT2D eigenvalue weighted by atomic mass is 10.1. The van der Waals surface area contributed by atoms with E-state index >= 15 is 0 Å². The number of halogens is 1. The SMILES string of the molecule is CC1Cc2ccccc2N1c1cc(C(=O)NCc2ccccc2Cl)ccn1. The number of amides is 1. The number of nitrogens with zero attached hydrogens (tertiary/aromatic N) is 2. The Balaban J connectivity index is 1.54. The maximum Gasteiger partial charge on any atom is 0.251 e. The number of pyridine rings is 1. The third kappa shape index (κ3) is 3.53. The van der Waals surface area contributed by atoms with Crippen LogP contribution in [-0.2, 0) is 13.0 Å². The molecular weight excluding hydrogens is 358 g/mol. The Morgan fingerprint density at radius 1 is 1.19 bits per heavy atom. The quantitative estimate of drug-likeness (QED) is 0.713. The number of rotatable bonds is 4. The third-order valence-electron chi connectivity index (χ3n) is 4.86. The van der Waals surface area contributed by atoms with E-state index in [2.05, 4.69) is 40.3 Å². The molecule has 0 bridgehead atoms. The number of aromatic nitrogens is 1. The van der Waals surface area contributed by atoms with Crippen LogP contribution in [0.25, 0.3) is 0 Å². The molecule has 2 aromatic carbocycles. The summed E-state index contributed by atoms with van der Waals surface area (Å²) in [7, 11) is 0. The first-order valence-corrected chi connectivity index (χ1v) is 9.36. The summed E-state index contributed by atoms with van der Waals surface area (Å²) in [5, 5.41) is 3.58. The standard InChI is InChI=1S/C22H20ClN3O/c1-15-12-16-6-3-5-9-20(16)26(15)21-13-17(10-11-24-21)22(27)25-14-18-7-2-4-8-19(18)23/h2-11,13,15H,12,14H2,1H3,(H,25,27). The lowest BCUT2D eigenvalue weighted by Gasteiger charge is -2.24. The van der Waals surface area contributed by atoms with Gasteiger partial charge in [-0.25, -0.2) is 4.98 Å². The van der Waals surface area contributed by atoms with Crippen LogP contribution in [0.5, 0.6) is 0 Å². The zero-order valence-electron chi connectivity index (χ0n) is 15.0. The van der Waals surface area contributed by atoms with Gasteiger partial charge in [0.05, 0.1) is 0 Å². The number of para-hydroxylation sites is 1. The van der Waals surface area contributed by atoms with Crippen molar-refractivity contribution in [2.75, 3.05) is 4.90 Å². The minimum absolute atomic E-state index is 0.140. The first-order valence-electron chi connectivity index (χ1n) is 8.98. The Labute approximate surface area is 163 Å². The topological polar surface area (TPSA) is 45.2 Å². The molecular formula is C22H20ClN3O. The van der Waals surface area contributed by atoms with Crippen molar-refractivity contribution in [1.29, 1.82) is 0 Å². The van der Waals surface area contributed by atoms with Crippen molar-refractivity contribution in [2.45, 2.75) is 25.9 Å². The van der Waals surface area contributed by atoms with E-state index in [-0.39, 0.29) is 5.91 Å². The van der Waals surface area contributed by atoms with Crippen molar-refractivity contribution >= 4 is 29.0 Å². The summed E-state index contributed by atoms with van der Waals surface area (Å²) < 4.78 is 0. The fourth-order valence-corrected chi connectivity index (χ4v) is 3.73. The van der Waals surface area contributed by atoms with Crippen LogP contribution in [0.2, 0.25) is 5.02 Å². The van der Waals surface area contributed by atoms with E-state index in [1.807, 2.05) is 36.4 Å². The Morgan fingerprint density at radius 2 is 1.96 bits per heavy atom. The molecule has 1 unspecified atom stereocenters. The average Bonchev–Trinajstić information content (AvgIpc) is 3.03. The van der Waals surface area contributed by atoms with E-state index in [9.17, 15) is 4.79 Å². The second-order valence-corrected chi connectivity index (χ2v) is 7.14. The Bertz CT molecular complexity index is 989. The molecule has 0 fully saturated rings. The molecule has 5 heteroatoms. The highest BCUT2D eigenvalue weighted by molar-refractivity contribution is 6.31. The summed E-state index contributed by atoms with van der Waals surface area (Å²) in [5.74, 6) is 0.650. The molecule has 0 spiro atoms. The number of carbonyl (C=O) groups is 1. The first kappa shape index (κ1) is 17.6. The lowest BCUT2D eigenvalue weighted by Crippen LogP contribution is -2.26. The van der Waals surface area contributed by atoms with Gasteiger partial charge in [0, 0.05) is 35.1 Å². The van der Waals surface area contributed by atoms with Crippen LogP contribution in [0.4, 0.5) is 11.5 Å². The maximum atomic E-state index is 12.6. The molecule has 1 aromatic heterocycles. The van der Waals surface area contributed by atoms with Crippen LogP contribution < -0.4 is 10.2 Å². The lowest BCUT2D eigenvalue weighted by molar-refractivity contribution is 0.0951. The second kappa shape index (κ2) is 7.41. The van der Waals surface area contributed by atoms with E-state index in [4.69, 9.17) is 11.6 Å². The van der Waals surface area contributed by atoms with Crippen LogP contribution in [0.1, 0.15) is 28.4 Å². The summed E-state index contributed by atoms with van der Waals surface area (Å²) >= 11 is 6.16. The van der Waals surface area contributed by atoms with Gasteiger partial charge in [-0.2, -0.15) is 0 Å². The molecule has 1 aliphatic rings. The number of hydrogen-bond donors (Lipinski definition) is 1. The summed E-state index contributed by atoms with van der Waals surface area (Å²) in [4.78, 5) is 19.3. The smallest absolute Gasteiger partial charge is 0.251 e. The number of fused-ring (bicyclic) bond motifs is 1. The average molecular weight is 378 g/mol. The normalized spacial score (nSPS) is 15.5. The van der Waals surface area contributed by atoms with Crippen molar-refractivity contribution in [1.82, 2.24) is 10.3 Å². The van der Waals surface area contributed by atoms with Crippen LogP contribution in [-0.4, -0.2) is 16.9 Å². The van der Waals surface area contributed by atoms with Crippen molar-refractivity contribution < 1.29 is 4.79 Å². The summed E-state index contributed by atoms with van der Waals surface area (Å²) in [5.41, 5.74) is 3.94. The Kier molecular flexibility index (Phi) is 4.82. The zero-order chi connectivity index (χ0) is 18.8. The van der Waals surface area contributed by atoms with Gasteiger partial charge in [0.15, 0.2) is 0 Å². The van der Waals surface area contributed by atoms with E-state index in [0.29, 0.717) is 23.2 Å². The van der Waals surface area contributed by atoms with Crippen molar-refractivity contribution in [2.24, 2.45) is 0 Å². The highest BCUT2D eigenvalue weighted by atomic mass is 35.5. The van der Waals surface area contributed by atoms with Crippen molar-refractivity contribution in [3.8, 4) is 0 Å². The van der Waals surface area contributed by atoms with Gasteiger partial charge >= 0.3 is 0 Å². The minimum Gasteiger partial charge on any atom is -0.348 e. The van der Waals surface area contributed by atoms with Gasteiger partial charge in [0.2, 0.25) is 0 Å². The highest BCUT2D eigenvalue weighted by Gasteiger charge is 2.28. The molecule has 4 rings (SSSR count). The van der Waals surface area contributed by atoms with Gasteiger partial charge in [-0.3, -0.25) is 4.79 Å². The third-order valence-corrected chi connectivity index (χ3v) is 5.23. The van der Waals surface area contributed by atoms with Crippen LogP contribution in [0, 0.1) is 0 Å². The van der Waals surface area contributed by atoms with Crippen LogP contribution in [0.15, 0.2) is 66.9 Å². The molecule has 3 aromatic rings. The molecule has 2 heterocycles. The second-order valence-electron chi connectivity index (χ2n) is 6.73. The van der Waals surface area contributed by atoms with Gasteiger partial charge in [0.25, 0.3) is 5.91 Å². The van der Waals surface area contributed by atoms with E-state index in [1.54, 1.807) is 12.3 Å². The molecule has 1 atom stereocenters. The predicted octanol–water partition coefficient (Wildman–Crippen LogP) is 4.75. The molecule has 0 saturated heterocycles. The van der Waals surface area contributed by atoms with Gasteiger partial charge in [-0.05, 0) is 48.7 Å².